The molecule has 2 aromatic rings. The van der Waals surface area contributed by atoms with Gasteiger partial charge in [-0.25, -0.2) is 4.98 Å². The van der Waals surface area contributed by atoms with Crippen molar-refractivity contribution in [2.24, 2.45) is 0 Å². The van der Waals surface area contributed by atoms with Crippen molar-refractivity contribution < 1.29 is 9.90 Å². The summed E-state index contributed by atoms with van der Waals surface area (Å²) in [4.78, 5) is 14.8. The molecule has 7 heteroatoms. The van der Waals surface area contributed by atoms with Crippen molar-refractivity contribution in [3.63, 3.8) is 0 Å². The van der Waals surface area contributed by atoms with Crippen LogP contribution in [-0.2, 0) is 11.3 Å². The van der Waals surface area contributed by atoms with Crippen LogP contribution in [0.5, 0.6) is 0 Å². The molecule has 90 valence electrons. The number of aliphatic carboxylic acids is 1. The van der Waals surface area contributed by atoms with E-state index in [2.05, 4.69) is 10.1 Å². The van der Waals surface area contributed by atoms with E-state index in [9.17, 15) is 4.79 Å². The van der Waals surface area contributed by atoms with Crippen molar-refractivity contribution in [2.45, 2.75) is 17.8 Å². The number of carboxylic acid groups (broad SMARTS) is 1. The molecule has 2 aromatic heterocycles. The molecule has 17 heavy (non-hydrogen) atoms. The smallest absolute Gasteiger partial charge is 0.313 e. The molecule has 5 nitrogen and oxygen atoms in total. The Morgan fingerprint density at radius 3 is 3.12 bits per heavy atom. The molecule has 0 radical (unpaired) electrons. The summed E-state index contributed by atoms with van der Waals surface area (Å²) in [7, 11) is 0. The Hall–Kier alpha value is -1.34. The zero-order valence-corrected chi connectivity index (χ0v) is 10.8. The number of thioether (sulfide) groups is 1. The second-order valence-electron chi connectivity index (χ2n) is 3.27. The molecule has 0 aliphatic rings. The first-order valence-corrected chi connectivity index (χ1v) is 6.88. The average molecular weight is 269 g/mol. The van der Waals surface area contributed by atoms with Gasteiger partial charge in [-0.2, -0.15) is 5.10 Å². The summed E-state index contributed by atoms with van der Waals surface area (Å²) >= 11 is 2.69. The molecular weight excluding hydrogens is 258 g/mol. The van der Waals surface area contributed by atoms with Crippen LogP contribution in [0.4, 0.5) is 0 Å². The number of thiazole rings is 1. The minimum Gasteiger partial charge on any atom is -0.481 e. The molecule has 1 N–H and O–H groups in total. The number of carboxylic acids is 1. The Morgan fingerprint density at radius 1 is 1.65 bits per heavy atom. The highest BCUT2D eigenvalue weighted by atomic mass is 32.2. The maximum absolute atomic E-state index is 10.4. The van der Waals surface area contributed by atoms with Crippen molar-refractivity contribution in [3.05, 3.63) is 17.8 Å². The van der Waals surface area contributed by atoms with Crippen LogP contribution in [0.1, 0.15) is 6.92 Å². The summed E-state index contributed by atoms with van der Waals surface area (Å²) in [6.45, 7) is 2.84. The van der Waals surface area contributed by atoms with Crippen molar-refractivity contribution >= 4 is 29.1 Å². The quantitative estimate of drug-likeness (QED) is 0.843. The minimum atomic E-state index is -0.828. The number of hydrogen-bond acceptors (Lipinski definition) is 5. The number of carbonyl (C=O) groups is 1. The van der Waals surface area contributed by atoms with Gasteiger partial charge in [-0.3, -0.25) is 9.48 Å². The number of aromatic nitrogens is 3. The van der Waals surface area contributed by atoms with E-state index in [4.69, 9.17) is 5.11 Å². The first-order chi connectivity index (χ1) is 8.19. The van der Waals surface area contributed by atoms with Crippen LogP contribution >= 0.6 is 23.1 Å². The molecule has 0 amide bonds. The number of rotatable bonds is 5. The molecule has 0 spiro atoms. The van der Waals surface area contributed by atoms with Gasteiger partial charge in [0.1, 0.15) is 0 Å². The highest BCUT2D eigenvalue weighted by Crippen LogP contribution is 2.27. The second-order valence-corrected chi connectivity index (χ2v) is 5.35. The maximum Gasteiger partial charge on any atom is 0.313 e. The third-order valence-electron chi connectivity index (χ3n) is 2.06. The fraction of sp³-hybridized carbons (Fsp3) is 0.300. The third kappa shape index (κ3) is 3.07. The van der Waals surface area contributed by atoms with E-state index >= 15 is 0 Å². The summed E-state index contributed by atoms with van der Waals surface area (Å²) in [6.07, 6.45) is 3.70. The SMILES string of the molecule is CCn1cc(-c2csc(SCC(=O)O)n2)cn1. The molecule has 2 heterocycles. The van der Waals surface area contributed by atoms with E-state index in [1.54, 1.807) is 6.20 Å². The lowest BCUT2D eigenvalue weighted by Gasteiger charge is -1.91. The molecule has 0 atom stereocenters. The first kappa shape index (κ1) is 12.1. The van der Waals surface area contributed by atoms with Crippen LogP contribution in [0.2, 0.25) is 0 Å². The van der Waals surface area contributed by atoms with E-state index in [0.29, 0.717) is 0 Å². The van der Waals surface area contributed by atoms with Crippen LogP contribution in [0.25, 0.3) is 11.3 Å². The van der Waals surface area contributed by atoms with E-state index in [-0.39, 0.29) is 5.75 Å². The van der Waals surface area contributed by atoms with Crippen LogP contribution in [0.15, 0.2) is 22.1 Å². The topological polar surface area (TPSA) is 68.0 Å². The average Bonchev–Trinajstić information content (AvgIpc) is 2.94. The lowest BCUT2D eigenvalue weighted by Crippen LogP contribution is -1.96. The van der Waals surface area contributed by atoms with Crippen molar-refractivity contribution in [2.75, 3.05) is 5.75 Å². The summed E-state index contributed by atoms with van der Waals surface area (Å²) in [5, 5.41) is 14.7. The van der Waals surface area contributed by atoms with Gasteiger partial charge in [0.15, 0.2) is 4.34 Å². The zero-order chi connectivity index (χ0) is 12.3. The monoisotopic (exact) mass is 269 g/mol. The van der Waals surface area contributed by atoms with Gasteiger partial charge in [-0.15, -0.1) is 11.3 Å². The summed E-state index contributed by atoms with van der Waals surface area (Å²) in [6, 6.07) is 0. The predicted octanol–water partition coefficient (Wildman–Crippen LogP) is 2.20. The normalized spacial score (nSPS) is 10.6. The molecular formula is C10H11N3O2S2. The van der Waals surface area contributed by atoms with Crippen LogP contribution in [0, 0.1) is 0 Å². The molecule has 0 aliphatic carbocycles. The highest BCUT2D eigenvalue weighted by Gasteiger charge is 2.08. The lowest BCUT2D eigenvalue weighted by molar-refractivity contribution is -0.133. The second kappa shape index (κ2) is 5.33. The van der Waals surface area contributed by atoms with Gasteiger partial charge in [0.05, 0.1) is 17.6 Å². The van der Waals surface area contributed by atoms with Crippen molar-refractivity contribution in [1.82, 2.24) is 14.8 Å². The van der Waals surface area contributed by atoms with Crippen LogP contribution in [-0.4, -0.2) is 31.6 Å². The lowest BCUT2D eigenvalue weighted by atomic mass is 10.3. The van der Waals surface area contributed by atoms with Crippen LogP contribution in [0.3, 0.4) is 0 Å². The van der Waals surface area contributed by atoms with Gasteiger partial charge in [-0.1, -0.05) is 11.8 Å². The standard InChI is InChI=1S/C10H11N3O2S2/c1-2-13-4-7(3-11-13)8-5-16-10(12-8)17-6-9(14)15/h3-5H,2,6H2,1H3,(H,14,15). The van der Waals surface area contributed by atoms with Gasteiger partial charge in [0.2, 0.25) is 0 Å². The molecule has 0 aliphatic heterocycles. The summed E-state index contributed by atoms with van der Waals surface area (Å²) in [5.74, 6) is -0.785. The fourth-order valence-electron chi connectivity index (χ4n) is 1.25. The fourth-order valence-corrected chi connectivity index (χ4v) is 2.80. The van der Waals surface area contributed by atoms with Gasteiger partial charge >= 0.3 is 5.97 Å². The van der Waals surface area contributed by atoms with Crippen molar-refractivity contribution in [3.8, 4) is 11.3 Å². The first-order valence-electron chi connectivity index (χ1n) is 5.02. The molecule has 0 bridgehead atoms. The summed E-state index contributed by atoms with van der Waals surface area (Å²) in [5.41, 5.74) is 1.81. The van der Waals surface area contributed by atoms with Gasteiger partial charge in [0, 0.05) is 23.7 Å². The molecule has 0 aromatic carbocycles. The number of hydrogen-bond donors (Lipinski definition) is 1. The summed E-state index contributed by atoms with van der Waals surface area (Å²) < 4.78 is 2.60. The number of aryl methyl sites for hydroxylation is 1. The Balaban J connectivity index is 2.09. The van der Waals surface area contributed by atoms with Crippen molar-refractivity contribution in [1.29, 1.82) is 0 Å². The molecule has 0 saturated carbocycles. The van der Waals surface area contributed by atoms with Gasteiger partial charge < -0.3 is 5.11 Å². The predicted molar refractivity (Wildman–Crippen MR) is 67.4 cm³/mol. The molecule has 0 saturated heterocycles. The van der Waals surface area contributed by atoms with E-state index in [0.717, 1.165) is 22.1 Å². The van der Waals surface area contributed by atoms with Gasteiger partial charge in [0.25, 0.3) is 0 Å². The number of nitrogens with zero attached hydrogens (tertiary/aromatic N) is 3. The Bertz CT molecular complexity index is 521. The van der Waals surface area contributed by atoms with Crippen LogP contribution < -0.4 is 0 Å². The van der Waals surface area contributed by atoms with E-state index < -0.39 is 5.97 Å². The molecule has 0 fully saturated rings. The highest BCUT2D eigenvalue weighted by molar-refractivity contribution is 8.01. The Kier molecular flexibility index (Phi) is 3.80. The van der Waals surface area contributed by atoms with Gasteiger partial charge in [-0.05, 0) is 6.92 Å². The molecule has 0 unspecified atom stereocenters. The minimum absolute atomic E-state index is 0.0428. The third-order valence-corrected chi connectivity index (χ3v) is 4.06. The maximum atomic E-state index is 10.4. The molecule has 2 rings (SSSR count). The van der Waals surface area contributed by atoms with E-state index in [1.807, 2.05) is 23.2 Å². The largest absolute Gasteiger partial charge is 0.481 e. The Morgan fingerprint density at radius 2 is 2.47 bits per heavy atom. The Labute approximate surface area is 106 Å². The zero-order valence-electron chi connectivity index (χ0n) is 9.16. The van der Waals surface area contributed by atoms with E-state index in [1.165, 1.54) is 23.1 Å².